The van der Waals surface area contributed by atoms with Crippen LogP contribution in [0.2, 0.25) is 5.02 Å². The van der Waals surface area contributed by atoms with Crippen LogP contribution in [0.5, 0.6) is 0 Å². The summed E-state index contributed by atoms with van der Waals surface area (Å²) in [5.41, 5.74) is 15.3. The average Bonchev–Trinajstić information content (AvgIpc) is 3.14. The maximum absolute atomic E-state index is 9.60. The molecule has 190 valence electrons. The van der Waals surface area contributed by atoms with Crippen LogP contribution < -0.4 is 16.4 Å². The summed E-state index contributed by atoms with van der Waals surface area (Å²) in [5.74, 6) is 0.241. The molecule has 0 unspecified atom stereocenters. The van der Waals surface area contributed by atoms with E-state index in [1.807, 2.05) is 6.92 Å². The number of carboxylic acid groups (broad SMARTS) is 1. The number of nitrogen functional groups attached to an aromatic ring is 1. The first-order chi connectivity index (χ1) is 17.3. The topological polar surface area (TPSA) is 144 Å². The standard InChI is InChI=1S/C21H22ClN7S.C4H8O2/c22-17-15(5-8-25-19(17)24)30-16-12-26-20(28-27-16)29-9-6-21(7-10-29)11-13-3-1-2-4-14(13)18(21)23;1-2-3-4(5)6/h1-5,8,12,18H,6-7,9-11,23H2,(H2,24,25);2-3H2,1H3,(H,5,6)/t18-;/m1./s1. The van der Waals surface area contributed by atoms with Gasteiger partial charge in [-0.15, -0.1) is 10.2 Å². The van der Waals surface area contributed by atoms with Gasteiger partial charge < -0.3 is 21.5 Å². The van der Waals surface area contributed by atoms with Crippen molar-refractivity contribution in [2.45, 2.75) is 55.0 Å². The number of hydrogen-bond donors (Lipinski definition) is 3. The maximum Gasteiger partial charge on any atom is 0.303 e. The minimum atomic E-state index is -0.711. The molecule has 3 heterocycles. The number of rotatable bonds is 5. The molecule has 0 radical (unpaired) electrons. The lowest BCUT2D eigenvalue weighted by molar-refractivity contribution is -0.137. The fraction of sp³-hybridized carbons (Fsp3) is 0.400. The second-order valence-corrected chi connectivity index (χ2v) is 10.5. The number of halogens is 1. The number of aliphatic carboxylic acids is 1. The summed E-state index contributed by atoms with van der Waals surface area (Å²) >= 11 is 7.57. The third-order valence-electron chi connectivity index (χ3n) is 6.72. The van der Waals surface area contributed by atoms with Gasteiger partial charge in [0, 0.05) is 36.6 Å². The van der Waals surface area contributed by atoms with Gasteiger partial charge in [0.2, 0.25) is 5.95 Å². The Morgan fingerprint density at radius 1 is 1.22 bits per heavy atom. The number of piperidine rings is 1. The summed E-state index contributed by atoms with van der Waals surface area (Å²) in [7, 11) is 0. The summed E-state index contributed by atoms with van der Waals surface area (Å²) in [6.07, 6.45) is 7.47. The molecule has 5 N–H and O–H groups in total. The molecule has 2 aliphatic rings. The van der Waals surface area contributed by atoms with Crippen molar-refractivity contribution in [3.63, 3.8) is 0 Å². The number of pyridine rings is 1. The van der Waals surface area contributed by atoms with Crippen molar-refractivity contribution in [1.82, 2.24) is 20.2 Å². The number of nitrogens with zero attached hydrogens (tertiary/aromatic N) is 5. The highest BCUT2D eigenvalue weighted by atomic mass is 35.5. The molecular formula is C25H30ClN7O2S. The van der Waals surface area contributed by atoms with Crippen molar-refractivity contribution in [3.05, 3.63) is 58.9 Å². The van der Waals surface area contributed by atoms with Gasteiger partial charge in [-0.05, 0) is 48.3 Å². The Bertz CT molecular complexity index is 1200. The Morgan fingerprint density at radius 3 is 2.58 bits per heavy atom. The molecule has 0 bridgehead atoms. The molecule has 9 nitrogen and oxygen atoms in total. The van der Waals surface area contributed by atoms with Crippen LogP contribution in [0.25, 0.3) is 0 Å². The van der Waals surface area contributed by atoms with E-state index < -0.39 is 5.97 Å². The van der Waals surface area contributed by atoms with Gasteiger partial charge in [-0.2, -0.15) is 0 Å². The fourth-order valence-electron chi connectivity index (χ4n) is 4.75. The minimum Gasteiger partial charge on any atom is -0.481 e. The molecule has 5 rings (SSSR count). The van der Waals surface area contributed by atoms with Crippen molar-refractivity contribution in [2.24, 2.45) is 11.1 Å². The van der Waals surface area contributed by atoms with Crippen LogP contribution in [-0.2, 0) is 11.2 Å². The summed E-state index contributed by atoms with van der Waals surface area (Å²) in [5, 5.41) is 17.7. The first kappa shape index (κ1) is 26.1. The zero-order valence-electron chi connectivity index (χ0n) is 20.1. The van der Waals surface area contributed by atoms with Crippen LogP contribution in [0.15, 0.2) is 52.6 Å². The zero-order chi connectivity index (χ0) is 25.7. The van der Waals surface area contributed by atoms with Crippen LogP contribution in [0.1, 0.15) is 49.8 Å². The number of nitrogens with two attached hydrogens (primary N) is 2. The van der Waals surface area contributed by atoms with E-state index in [9.17, 15) is 4.79 Å². The van der Waals surface area contributed by atoms with E-state index in [4.69, 9.17) is 28.2 Å². The first-order valence-corrected chi connectivity index (χ1v) is 13.1. The number of benzene rings is 1. The lowest BCUT2D eigenvalue weighted by atomic mass is 9.73. The van der Waals surface area contributed by atoms with E-state index in [0.717, 1.165) is 43.7 Å². The zero-order valence-corrected chi connectivity index (χ0v) is 21.7. The smallest absolute Gasteiger partial charge is 0.303 e. The molecule has 0 saturated carbocycles. The molecule has 0 amide bonds. The third-order valence-corrected chi connectivity index (χ3v) is 8.19. The number of carbonyl (C=O) groups is 1. The normalized spacial score (nSPS) is 17.9. The molecule has 3 aromatic rings. The third kappa shape index (κ3) is 5.71. The van der Waals surface area contributed by atoms with E-state index in [0.29, 0.717) is 28.2 Å². The van der Waals surface area contributed by atoms with Crippen LogP contribution in [-0.4, -0.2) is 44.3 Å². The molecule has 1 atom stereocenters. The quantitative estimate of drug-likeness (QED) is 0.437. The number of fused-ring (bicyclic) bond motifs is 1. The summed E-state index contributed by atoms with van der Waals surface area (Å²) in [4.78, 5) is 21.1. The van der Waals surface area contributed by atoms with Gasteiger partial charge in [0.15, 0.2) is 0 Å². The predicted octanol–water partition coefficient (Wildman–Crippen LogP) is 4.37. The molecule has 1 spiro atoms. The Labute approximate surface area is 219 Å². The van der Waals surface area contributed by atoms with Crippen LogP contribution in [0, 0.1) is 5.41 Å². The van der Waals surface area contributed by atoms with E-state index in [-0.39, 0.29) is 11.5 Å². The van der Waals surface area contributed by atoms with Gasteiger partial charge in [0.1, 0.15) is 10.8 Å². The monoisotopic (exact) mass is 527 g/mol. The summed E-state index contributed by atoms with van der Waals surface area (Å²) < 4.78 is 0. The van der Waals surface area contributed by atoms with Crippen LogP contribution in [0.4, 0.5) is 11.8 Å². The molecular weight excluding hydrogens is 498 g/mol. The highest BCUT2D eigenvalue weighted by Crippen LogP contribution is 2.50. The highest BCUT2D eigenvalue weighted by Gasteiger charge is 2.46. The Balaban J connectivity index is 0.000000455. The van der Waals surface area contributed by atoms with Gasteiger partial charge in [-0.1, -0.05) is 54.6 Å². The van der Waals surface area contributed by atoms with Gasteiger partial charge in [0.25, 0.3) is 0 Å². The Hall–Kier alpha value is -2.95. The average molecular weight is 528 g/mol. The molecule has 11 heteroatoms. The van der Waals surface area contributed by atoms with Crippen LogP contribution in [0.3, 0.4) is 0 Å². The fourth-order valence-corrected chi connectivity index (χ4v) is 5.72. The molecule has 1 fully saturated rings. The van der Waals surface area contributed by atoms with Gasteiger partial charge in [-0.3, -0.25) is 4.79 Å². The number of hydrogen-bond acceptors (Lipinski definition) is 9. The molecule has 1 saturated heterocycles. The van der Waals surface area contributed by atoms with Crippen molar-refractivity contribution in [1.29, 1.82) is 0 Å². The van der Waals surface area contributed by atoms with E-state index in [2.05, 4.69) is 49.3 Å². The lowest BCUT2D eigenvalue weighted by Crippen LogP contribution is -2.45. The summed E-state index contributed by atoms with van der Waals surface area (Å²) in [6, 6.07) is 10.5. The second kappa shape index (κ2) is 11.4. The number of aromatic nitrogens is 4. The minimum absolute atomic E-state index is 0.103. The second-order valence-electron chi connectivity index (χ2n) is 9.05. The number of anilines is 2. The molecule has 36 heavy (non-hydrogen) atoms. The highest BCUT2D eigenvalue weighted by molar-refractivity contribution is 7.99. The van der Waals surface area contributed by atoms with Crippen LogP contribution >= 0.6 is 23.4 Å². The number of carboxylic acids is 1. The molecule has 2 aromatic heterocycles. The van der Waals surface area contributed by atoms with Gasteiger partial charge in [-0.25, -0.2) is 9.97 Å². The predicted molar refractivity (Wildman–Crippen MR) is 141 cm³/mol. The Kier molecular flexibility index (Phi) is 8.28. The van der Waals surface area contributed by atoms with Crippen molar-refractivity contribution in [2.75, 3.05) is 23.7 Å². The van der Waals surface area contributed by atoms with Crippen molar-refractivity contribution < 1.29 is 9.90 Å². The largest absolute Gasteiger partial charge is 0.481 e. The lowest BCUT2D eigenvalue weighted by Gasteiger charge is -2.42. The Morgan fingerprint density at radius 2 is 1.97 bits per heavy atom. The summed E-state index contributed by atoms with van der Waals surface area (Å²) in [6.45, 7) is 3.60. The molecule has 1 aromatic carbocycles. The van der Waals surface area contributed by atoms with Crippen molar-refractivity contribution in [3.8, 4) is 0 Å². The SMILES string of the molecule is CCCC(=O)O.Nc1nccc(Sc2cnc(N3CCC4(CC3)Cc3ccccc3[C@H]4N)nn2)c1Cl. The first-order valence-electron chi connectivity index (χ1n) is 11.9. The molecule has 1 aliphatic carbocycles. The van der Waals surface area contributed by atoms with E-state index in [1.165, 1.54) is 22.9 Å². The molecule has 1 aliphatic heterocycles. The maximum atomic E-state index is 9.60. The van der Waals surface area contributed by atoms with Crippen molar-refractivity contribution >= 4 is 41.1 Å². The van der Waals surface area contributed by atoms with Gasteiger partial charge >= 0.3 is 5.97 Å². The van der Waals surface area contributed by atoms with E-state index in [1.54, 1.807) is 18.5 Å². The van der Waals surface area contributed by atoms with E-state index >= 15 is 0 Å². The van der Waals surface area contributed by atoms with Gasteiger partial charge in [0.05, 0.1) is 11.2 Å².